The summed E-state index contributed by atoms with van der Waals surface area (Å²) in [5.74, 6) is 1.50. The molecule has 2 aromatic carbocycles. The van der Waals surface area contributed by atoms with Crippen LogP contribution in [0.5, 0.6) is 11.5 Å². The van der Waals surface area contributed by atoms with Crippen LogP contribution in [0.3, 0.4) is 0 Å². The minimum Gasteiger partial charge on any atom is -0.497 e. The number of ether oxygens (including phenoxy) is 3. The summed E-state index contributed by atoms with van der Waals surface area (Å²) in [4.78, 5) is 0. The Hall–Kier alpha value is -1.98. The molecule has 0 fully saturated rings. The first-order chi connectivity index (χ1) is 10.3. The summed E-state index contributed by atoms with van der Waals surface area (Å²) >= 11 is 0. The van der Waals surface area contributed by atoms with Crippen molar-refractivity contribution in [3.05, 3.63) is 53.6 Å². The molecular weight excluding hydrogens is 267 g/mol. The topological polar surface area (TPSA) is 47.9 Å². The molecule has 0 spiro atoms. The van der Waals surface area contributed by atoms with Gasteiger partial charge >= 0.3 is 7.48 Å². The number of benzene rings is 2. The van der Waals surface area contributed by atoms with Crippen LogP contribution in [-0.4, -0.2) is 26.7 Å². The van der Waals surface area contributed by atoms with Gasteiger partial charge in [-0.2, -0.15) is 0 Å². The van der Waals surface area contributed by atoms with E-state index in [9.17, 15) is 5.02 Å². The molecule has 0 aromatic heterocycles. The molecule has 0 amide bonds. The van der Waals surface area contributed by atoms with Crippen LogP contribution in [0.2, 0.25) is 0 Å². The standard InChI is InChI=1S/C16H19BO4/c1-19-11-13-4-3-5-15(16(13)17-18)21-10-12-6-8-14(20-2)9-7-12/h3-9,17-18H,10-11H2,1-2H3. The molecule has 5 heteroatoms. The Kier molecular flexibility index (Phi) is 5.66. The van der Waals surface area contributed by atoms with Gasteiger partial charge < -0.3 is 19.2 Å². The van der Waals surface area contributed by atoms with E-state index in [1.165, 1.54) is 0 Å². The number of hydrogen-bond donors (Lipinski definition) is 1. The van der Waals surface area contributed by atoms with Gasteiger partial charge in [-0.15, -0.1) is 0 Å². The lowest BCUT2D eigenvalue weighted by Gasteiger charge is -2.13. The molecule has 0 bridgehead atoms. The summed E-state index contributed by atoms with van der Waals surface area (Å²) in [5.41, 5.74) is 2.75. The Morgan fingerprint density at radius 1 is 1.00 bits per heavy atom. The molecule has 0 saturated carbocycles. The third-order valence-corrected chi connectivity index (χ3v) is 3.24. The summed E-state index contributed by atoms with van der Waals surface area (Å²) in [5, 5.41) is 9.54. The molecule has 0 heterocycles. The molecule has 0 aliphatic carbocycles. The Balaban J connectivity index is 2.09. The minimum atomic E-state index is -0.0719. The van der Waals surface area contributed by atoms with E-state index in [0.29, 0.717) is 19.0 Å². The molecule has 0 atom stereocenters. The highest BCUT2D eigenvalue weighted by Gasteiger charge is 2.10. The molecule has 110 valence electrons. The highest BCUT2D eigenvalue weighted by Crippen LogP contribution is 2.15. The van der Waals surface area contributed by atoms with E-state index in [4.69, 9.17) is 14.2 Å². The summed E-state index contributed by atoms with van der Waals surface area (Å²) in [7, 11) is 3.20. The molecule has 4 nitrogen and oxygen atoms in total. The Morgan fingerprint density at radius 2 is 1.76 bits per heavy atom. The van der Waals surface area contributed by atoms with Gasteiger partial charge in [-0.3, -0.25) is 0 Å². The van der Waals surface area contributed by atoms with Crippen molar-refractivity contribution in [2.75, 3.05) is 14.2 Å². The maximum absolute atomic E-state index is 9.54. The fourth-order valence-corrected chi connectivity index (χ4v) is 2.10. The quantitative estimate of drug-likeness (QED) is 0.781. The maximum Gasteiger partial charge on any atom is 0.308 e. The average Bonchev–Trinajstić information content (AvgIpc) is 2.54. The summed E-state index contributed by atoms with van der Waals surface area (Å²) in [6, 6.07) is 13.4. The van der Waals surface area contributed by atoms with Crippen molar-refractivity contribution in [1.29, 1.82) is 0 Å². The zero-order valence-corrected chi connectivity index (χ0v) is 12.3. The van der Waals surface area contributed by atoms with Gasteiger partial charge in [0.1, 0.15) is 18.1 Å². The van der Waals surface area contributed by atoms with Crippen molar-refractivity contribution in [2.45, 2.75) is 13.2 Å². The van der Waals surface area contributed by atoms with E-state index in [0.717, 1.165) is 22.3 Å². The smallest absolute Gasteiger partial charge is 0.308 e. The highest BCUT2D eigenvalue weighted by atomic mass is 16.5. The average molecular weight is 286 g/mol. The Bertz CT molecular complexity index is 569. The Morgan fingerprint density at radius 3 is 2.38 bits per heavy atom. The molecule has 21 heavy (non-hydrogen) atoms. The van der Waals surface area contributed by atoms with Gasteiger partial charge in [0.05, 0.1) is 13.7 Å². The van der Waals surface area contributed by atoms with Crippen molar-refractivity contribution >= 4 is 12.9 Å². The molecule has 0 aliphatic rings. The molecule has 0 saturated heterocycles. The second kappa shape index (κ2) is 7.71. The first-order valence-corrected chi connectivity index (χ1v) is 6.74. The number of hydrogen-bond acceptors (Lipinski definition) is 4. The third-order valence-electron chi connectivity index (χ3n) is 3.24. The lowest BCUT2D eigenvalue weighted by Crippen LogP contribution is -2.22. The van der Waals surface area contributed by atoms with Crippen molar-refractivity contribution < 1.29 is 19.2 Å². The van der Waals surface area contributed by atoms with E-state index >= 15 is 0 Å². The molecule has 0 unspecified atom stereocenters. The van der Waals surface area contributed by atoms with Crippen LogP contribution in [0.25, 0.3) is 0 Å². The number of rotatable bonds is 7. The maximum atomic E-state index is 9.54. The van der Waals surface area contributed by atoms with Gasteiger partial charge in [0.25, 0.3) is 0 Å². The van der Waals surface area contributed by atoms with Gasteiger partial charge in [0.2, 0.25) is 0 Å². The second-order valence-corrected chi connectivity index (χ2v) is 4.62. The fourth-order valence-electron chi connectivity index (χ4n) is 2.10. The third kappa shape index (κ3) is 4.00. The zero-order valence-electron chi connectivity index (χ0n) is 12.3. The van der Waals surface area contributed by atoms with Crippen molar-refractivity contribution in [1.82, 2.24) is 0 Å². The second-order valence-electron chi connectivity index (χ2n) is 4.62. The van der Waals surface area contributed by atoms with Gasteiger partial charge in [0.15, 0.2) is 0 Å². The molecule has 0 radical (unpaired) electrons. The molecule has 1 N–H and O–H groups in total. The van der Waals surface area contributed by atoms with Crippen LogP contribution in [0.15, 0.2) is 42.5 Å². The van der Waals surface area contributed by atoms with Crippen LogP contribution in [0.1, 0.15) is 11.1 Å². The predicted octanol–water partition coefficient (Wildman–Crippen LogP) is 1.39. The number of methoxy groups -OCH3 is 2. The van der Waals surface area contributed by atoms with Crippen molar-refractivity contribution in [2.24, 2.45) is 0 Å². The molecule has 2 aromatic rings. The summed E-state index contributed by atoms with van der Waals surface area (Å²) in [6.07, 6.45) is 0. The van der Waals surface area contributed by atoms with E-state index in [2.05, 4.69) is 0 Å². The summed E-state index contributed by atoms with van der Waals surface area (Å²) in [6.45, 7) is 0.892. The molecule has 2 rings (SSSR count). The van der Waals surface area contributed by atoms with Crippen molar-refractivity contribution in [3.63, 3.8) is 0 Å². The van der Waals surface area contributed by atoms with Crippen molar-refractivity contribution in [3.8, 4) is 11.5 Å². The van der Waals surface area contributed by atoms with Gasteiger partial charge in [-0.25, -0.2) is 0 Å². The molecular formula is C16H19BO4. The van der Waals surface area contributed by atoms with Crippen LogP contribution in [0, 0.1) is 0 Å². The lowest BCUT2D eigenvalue weighted by atomic mass is 9.83. The fraction of sp³-hybridized carbons (Fsp3) is 0.250. The van der Waals surface area contributed by atoms with Crippen LogP contribution in [0.4, 0.5) is 0 Å². The van der Waals surface area contributed by atoms with Gasteiger partial charge in [-0.05, 0) is 34.8 Å². The van der Waals surface area contributed by atoms with E-state index in [1.807, 2.05) is 42.5 Å². The molecule has 0 aliphatic heterocycles. The first-order valence-electron chi connectivity index (χ1n) is 6.74. The van der Waals surface area contributed by atoms with Crippen LogP contribution >= 0.6 is 0 Å². The van der Waals surface area contributed by atoms with Gasteiger partial charge in [-0.1, -0.05) is 24.3 Å². The van der Waals surface area contributed by atoms with E-state index < -0.39 is 0 Å². The largest absolute Gasteiger partial charge is 0.497 e. The zero-order chi connectivity index (χ0) is 15.1. The van der Waals surface area contributed by atoms with Crippen LogP contribution < -0.4 is 14.9 Å². The normalized spacial score (nSPS) is 10.2. The van der Waals surface area contributed by atoms with Gasteiger partial charge in [0, 0.05) is 7.11 Å². The lowest BCUT2D eigenvalue weighted by molar-refractivity contribution is 0.185. The predicted molar refractivity (Wildman–Crippen MR) is 83.5 cm³/mol. The Labute approximate surface area is 125 Å². The van der Waals surface area contributed by atoms with Crippen LogP contribution in [-0.2, 0) is 18.0 Å². The van der Waals surface area contributed by atoms with E-state index in [1.54, 1.807) is 14.2 Å². The SMILES string of the molecule is COCc1cccc(OCc2ccc(OC)cc2)c1BO. The minimum absolute atomic E-state index is 0.0719. The monoisotopic (exact) mass is 286 g/mol. The highest BCUT2D eigenvalue weighted by molar-refractivity contribution is 6.47. The van der Waals surface area contributed by atoms with E-state index in [-0.39, 0.29) is 7.48 Å². The summed E-state index contributed by atoms with van der Waals surface area (Å²) < 4.78 is 16.1. The first kappa shape index (κ1) is 15.4.